The van der Waals surface area contributed by atoms with Gasteiger partial charge in [0.05, 0.1) is 5.88 Å². The van der Waals surface area contributed by atoms with E-state index in [1.54, 1.807) is 0 Å². The molecule has 1 atom stereocenters. The molecule has 1 saturated heterocycles. The van der Waals surface area contributed by atoms with Crippen molar-refractivity contribution >= 4 is 23.8 Å². The fourth-order valence-corrected chi connectivity index (χ4v) is 2.14. The second-order valence-electron chi connectivity index (χ2n) is 2.38. The van der Waals surface area contributed by atoms with Gasteiger partial charge in [0.2, 0.25) is 0 Å². The third-order valence-electron chi connectivity index (χ3n) is 1.64. The van der Waals surface area contributed by atoms with Crippen LogP contribution in [0.4, 0.5) is 4.79 Å². The summed E-state index contributed by atoms with van der Waals surface area (Å²) in [4.78, 5) is 23.0. The Bertz CT molecular complexity index is 209. The molecule has 1 heterocycles. The molecule has 1 aliphatic heterocycles. The van der Waals surface area contributed by atoms with Gasteiger partial charge in [-0.15, -0.1) is 11.8 Å². The lowest BCUT2D eigenvalue weighted by Crippen LogP contribution is -2.45. The lowest BCUT2D eigenvalue weighted by molar-refractivity contribution is -0.140. The summed E-state index contributed by atoms with van der Waals surface area (Å²) in [6.45, 7) is 0. The molecule has 0 unspecified atom stereocenters. The molecule has 1 fully saturated rings. The Labute approximate surface area is 74.1 Å². The largest absolute Gasteiger partial charge is 0.480 e. The van der Waals surface area contributed by atoms with Crippen molar-refractivity contribution in [2.45, 2.75) is 6.04 Å². The van der Waals surface area contributed by atoms with Crippen molar-refractivity contribution in [1.82, 2.24) is 10.2 Å². The zero-order valence-corrected chi connectivity index (χ0v) is 7.43. The molecule has 5 nitrogen and oxygen atoms in total. The molecule has 1 aliphatic rings. The maximum atomic E-state index is 11.1. The molecule has 6 heteroatoms. The summed E-state index contributed by atoms with van der Waals surface area (Å²) in [5.74, 6) is -0.0112. The first-order valence-corrected chi connectivity index (χ1v) is 4.61. The van der Waals surface area contributed by atoms with Crippen molar-refractivity contribution < 1.29 is 14.7 Å². The van der Waals surface area contributed by atoms with Crippen LogP contribution in [0.1, 0.15) is 0 Å². The fourth-order valence-electron chi connectivity index (χ4n) is 0.991. The highest BCUT2D eigenvalue weighted by Gasteiger charge is 2.33. The molecule has 12 heavy (non-hydrogen) atoms. The smallest absolute Gasteiger partial charge is 0.327 e. The fraction of sp³-hybridized carbons (Fsp3) is 0.667. The van der Waals surface area contributed by atoms with Gasteiger partial charge in [-0.05, 0) is 0 Å². The van der Waals surface area contributed by atoms with Crippen LogP contribution in [0, 0.1) is 0 Å². The van der Waals surface area contributed by atoms with Gasteiger partial charge in [-0.1, -0.05) is 0 Å². The number of thioether (sulfide) groups is 1. The molecule has 0 radical (unpaired) electrons. The van der Waals surface area contributed by atoms with Gasteiger partial charge in [0, 0.05) is 12.8 Å². The zero-order valence-electron chi connectivity index (χ0n) is 6.61. The van der Waals surface area contributed by atoms with Gasteiger partial charge < -0.3 is 15.3 Å². The quantitative estimate of drug-likeness (QED) is 0.600. The van der Waals surface area contributed by atoms with Crippen LogP contribution in [0.2, 0.25) is 0 Å². The van der Waals surface area contributed by atoms with Crippen LogP contribution in [-0.2, 0) is 4.79 Å². The first-order chi connectivity index (χ1) is 5.66. The van der Waals surface area contributed by atoms with E-state index < -0.39 is 12.0 Å². The van der Waals surface area contributed by atoms with Gasteiger partial charge in [0.25, 0.3) is 0 Å². The molecular formula is C6H10N2O3S. The summed E-state index contributed by atoms with van der Waals surface area (Å²) in [5, 5.41) is 11.1. The third-order valence-corrected chi connectivity index (χ3v) is 2.65. The average Bonchev–Trinajstić information content (AvgIpc) is 2.50. The molecule has 0 spiro atoms. The molecule has 0 aromatic heterocycles. The Balaban J connectivity index is 2.63. The van der Waals surface area contributed by atoms with E-state index in [4.69, 9.17) is 5.11 Å². The van der Waals surface area contributed by atoms with E-state index in [0.29, 0.717) is 11.6 Å². The molecular weight excluding hydrogens is 180 g/mol. The van der Waals surface area contributed by atoms with Crippen LogP contribution >= 0.6 is 11.8 Å². The molecule has 0 saturated carbocycles. The van der Waals surface area contributed by atoms with Crippen molar-refractivity contribution in [3.63, 3.8) is 0 Å². The molecule has 0 aromatic rings. The minimum absolute atomic E-state index is 0.326. The second-order valence-corrected chi connectivity index (χ2v) is 3.38. The summed E-state index contributed by atoms with van der Waals surface area (Å²) in [6, 6.07) is -0.998. The summed E-state index contributed by atoms with van der Waals surface area (Å²) in [7, 11) is 1.49. The van der Waals surface area contributed by atoms with Crippen LogP contribution in [0.3, 0.4) is 0 Å². The van der Waals surface area contributed by atoms with Gasteiger partial charge in [-0.25, -0.2) is 9.59 Å². The molecule has 2 N–H and O–H groups in total. The topological polar surface area (TPSA) is 69.6 Å². The number of nitrogens with zero attached hydrogens (tertiary/aromatic N) is 1. The van der Waals surface area contributed by atoms with Crippen LogP contribution < -0.4 is 5.32 Å². The molecule has 68 valence electrons. The Morgan fingerprint density at radius 2 is 2.33 bits per heavy atom. The van der Waals surface area contributed by atoms with Crippen molar-refractivity contribution in [3.05, 3.63) is 0 Å². The number of amides is 2. The summed E-state index contributed by atoms with van der Waals surface area (Å²) in [6.07, 6.45) is 0. The number of urea groups is 1. The number of nitrogens with one attached hydrogen (secondary N) is 1. The maximum Gasteiger partial charge on any atom is 0.327 e. The van der Waals surface area contributed by atoms with E-state index in [1.807, 2.05) is 0 Å². The van der Waals surface area contributed by atoms with E-state index in [9.17, 15) is 9.59 Å². The maximum absolute atomic E-state index is 11.1. The van der Waals surface area contributed by atoms with E-state index in [0.717, 1.165) is 0 Å². The predicted octanol–water partition coefficient (Wildman–Crippen LogP) is -0.215. The summed E-state index contributed by atoms with van der Waals surface area (Å²) < 4.78 is 0. The number of hydrogen-bond acceptors (Lipinski definition) is 3. The zero-order chi connectivity index (χ0) is 9.14. The summed E-state index contributed by atoms with van der Waals surface area (Å²) >= 11 is 1.45. The number of aliphatic carboxylic acids is 1. The van der Waals surface area contributed by atoms with Crippen LogP contribution in [0.25, 0.3) is 0 Å². The average molecular weight is 190 g/mol. The van der Waals surface area contributed by atoms with Crippen molar-refractivity contribution in [1.29, 1.82) is 0 Å². The Kier molecular flexibility index (Phi) is 2.80. The SMILES string of the molecule is CNC(=O)N1CSC[C@H]1C(=O)O. The predicted molar refractivity (Wildman–Crippen MR) is 45.0 cm³/mol. The lowest BCUT2D eigenvalue weighted by atomic mass is 10.3. The van der Waals surface area contributed by atoms with E-state index in [-0.39, 0.29) is 6.03 Å². The van der Waals surface area contributed by atoms with E-state index in [2.05, 4.69) is 5.32 Å². The van der Waals surface area contributed by atoms with Crippen molar-refractivity contribution in [3.8, 4) is 0 Å². The Morgan fingerprint density at radius 3 is 2.83 bits per heavy atom. The monoisotopic (exact) mass is 190 g/mol. The van der Waals surface area contributed by atoms with E-state index >= 15 is 0 Å². The van der Waals surface area contributed by atoms with Gasteiger partial charge >= 0.3 is 12.0 Å². The minimum atomic E-state index is -0.941. The Morgan fingerprint density at radius 1 is 1.67 bits per heavy atom. The molecule has 0 aromatic carbocycles. The highest BCUT2D eigenvalue weighted by molar-refractivity contribution is 7.99. The van der Waals surface area contributed by atoms with Crippen LogP contribution in [0.5, 0.6) is 0 Å². The van der Waals surface area contributed by atoms with Gasteiger partial charge in [-0.2, -0.15) is 0 Å². The second kappa shape index (κ2) is 3.66. The molecule has 1 rings (SSSR count). The number of rotatable bonds is 1. The highest BCUT2D eigenvalue weighted by Crippen LogP contribution is 2.20. The van der Waals surface area contributed by atoms with Crippen molar-refractivity contribution in [2.24, 2.45) is 0 Å². The van der Waals surface area contributed by atoms with Crippen LogP contribution in [0.15, 0.2) is 0 Å². The molecule has 0 aliphatic carbocycles. The van der Waals surface area contributed by atoms with Gasteiger partial charge in [0.1, 0.15) is 6.04 Å². The lowest BCUT2D eigenvalue weighted by Gasteiger charge is -2.19. The first kappa shape index (κ1) is 9.18. The molecule has 0 bridgehead atoms. The first-order valence-electron chi connectivity index (χ1n) is 3.45. The standard InChI is InChI=1S/C6H10N2O3S/c1-7-6(11)8-3-12-2-4(8)5(9)10/h4H,2-3H2,1H3,(H,7,11)(H,9,10)/t4-/m0/s1. The number of carbonyl (C=O) groups excluding carboxylic acids is 1. The van der Waals surface area contributed by atoms with Gasteiger partial charge in [-0.3, -0.25) is 0 Å². The van der Waals surface area contributed by atoms with Gasteiger partial charge in [0.15, 0.2) is 0 Å². The third kappa shape index (κ3) is 1.63. The van der Waals surface area contributed by atoms with Crippen LogP contribution in [-0.4, -0.2) is 46.7 Å². The minimum Gasteiger partial charge on any atom is -0.480 e. The molecule has 2 amide bonds. The number of hydrogen-bond donors (Lipinski definition) is 2. The van der Waals surface area contributed by atoms with Crippen molar-refractivity contribution in [2.75, 3.05) is 18.7 Å². The number of carbonyl (C=O) groups is 2. The normalized spacial score (nSPS) is 22.4. The summed E-state index contributed by atoms with van der Waals surface area (Å²) in [5.41, 5.74) is 0. The highest BCUT2D eigenvalue weighted by atomic mass is 32.2. The number of carboxylic acid groups (broad SMARTS) is 1. The Hall–Kier alpha value is -0.910. The number of carboxylic acids is 1. The van der Waals surface area contributed by atoms with E-state index in [1.165, 1.54) is 23.7 Å².